The summed E-state index contributed by atoms with van der Waals surface area (Å²) >= 11 is 0. The molecule has 2 aromatic rings. The average molecular weight is 204 g/mol. The Morgan fingerprint density at radius 2 is 2.27 bits per heavy atom. The number of aromatic amines is 1. The van der Waals surface area contributed by atoms with E-state index in [0.717, 1.165) is 18.1 Å². The lowest BCUT2D eigenvalue weighted by Gasteiger charge is -2.04. The summed E-state index contributed by atoms with van der Waals surface area (Å²) in [6.45, 7) is 4.76. The maximum absolute atomic E-state index is 4.31. The van der Waals surface area contributed by atoms with E-state index < -0.39 is 0 Å². The van der Waals surface area contributed by atoms with Gasteiger partial charge in [0.15, 0.2) is 11.6 Å². The lowest BCUT2D eigenvalue weighted by atomic mass is 10.4. The van der Waals surface area contributed by atoms with E-state index in [1.54, 1.807) is 0 Å². The first-order chi connectivity index (χ1) is 7.29. The quantitative estimate of drug-likeness (QED) is 0.779. The molecule has 15 heavy (non-hydrogen) atoms. The molecule has 0 radical (unpaired) electrons. The maximum Gasteiger partial charge on any atom is 0.199 e. The maximum atomic E-state index is 4.31. The van der Waals surface area contributed by atoms with Crippen LogP contribution in [0.5, 0.6) is 0 Å². The van der Waals surface area contributed by atoms with Crippen molar-refractivity contribution in [2.75, 3.05) is 11.9 Å². The Balaban J connectivity index is 2.40. The number of H-pyrrole nitrogens is 1. The van der Waals surface area contributed by atoms with E-state index in [1.807, 2.05) is 19.9 Å². The third kappa shape index (κ3) is 2.09. The Morgan fingerprint density at radius 1 is 1.40 bits per heavy atom. The summed E-state index contributed by atoms with van der Waals surface area (Å²) in [4.78, 5) is 12.6. The van der Waals surface area contributed by atoms with Crippen LogP contribution in [0.15, 0.2) is 12.4 Å². The molecule has 0 spiro atoms. The molecule has 2 heterocycles. The number of hydrogen-bond donors (Lipinski definition) is 2. The van der Waals surface area contributed by atoms with Gasteiger partial charge in [0.1, 0.15) is 12.1 Å². The zero-order valence-corrected chi connectivity index (χ0v) is 8.65. The molecule has 0 fully saturated rings. The minimum absolute atomic E-state index is 0.559. The van der Waals surface area contributed by atoms with Gasteiger partial charge in [-0.1, -0.05) is 0 Å². The number of nitrogens with one attached hydrogen (secondary N) is 2. The van der Waals surface area contributed by atoms with Crippen molar-refractivity contribution in [3.8, 4) is 11.6 Å². The first kappa shape index (κ1) is 9.57. The largest absolute Gasteiger partial charge is 0.370 e. The zero-order valence-electron chi connectivity index (χ0n) is 8.65. The lowest BCUT2D eigenvalue weighted by Crippen LogP contribution is -2.03. The van der Waals surface area contributed by atoms with E-state index in [0.29, 0.717) is 11.6 Å². The third-order valence-corrected chi connectivity index (χ3v) is 1.84. The third-order valence-electron chi connectivity index (χ3n) is 1.84. The molecule has 0 aromatic carbocycles. The van der Waals surface area contributed by atoms with Gasteiger partial charge >= 0.3 is 0 Å². The second-order valence-corrected chi connectivity index (χ2v) is 3.08. The summed E-state index contributed by atoms with van der Waals surface area (Å²) in [6, 6.07) is 1.89. The van der Waals surface area contributed by atoms with Gasteiger partial charge < -0.3 is 5.32 Å². The van der Waals surface area contributed by atoms with Crippen LogP contribution in [0.25, 0.3) is 11.6 Å². The fourth-order valence-electron chi connectivity index (χ4n) is 1.26. The Labute approximate surface area is 87.2 Å². The molecule has 0 bridgehead atoms. The Hall–Kier alpha value is -1.98. The van der Waals surface area contributed by atoms with Crippen LogP contribution in [0.3, 0.4) is 0 Å². The van der Waals surface area contributed by atoms with E-state index in [1.165, 1.54) is 6.33 Å². The second-order valence-electron chi connectivity index (χ2n) is 3.08. The smallest absolute Gasteiger partial charge is 0.199 e. The van der Waals surface area contributed by atoms with Crippen molar-refractivity contribution in [3.05, 3.63) is 18.1 Å². The highest BCUT2D eigenvalue weighted by Gasteiger charge is 2.06. The van der Waals surface area contributed by atoms with Crippen molar-refractivity contribution in [1.29, 1.82) is 0 Å². The standard InChI is InChI=1S/C9H12N6/c1-3-10-7-4-6(2)13-9(14-7)8-11-5-12-15-8/h4-5H,3H2,1-2H3,(H,10,13,14)(H,11,12,15). The summed E-state index contributed by atoms with van der Waals surface area (Å²) in [7, 11) is 0. The van der Waals surface area contributed by atoms with Crippen molar-refractivity contribution in [3.63, 3.8) is 0 Å². The number of anilines is 1. The molecular weight excluding hydrogens is 192 g/mol. The number of rotatable bonds is 3. The molecule has 0 aliphatic carbocycles. The predicted molar refractivity (Wildman–Crippen MR) is 56.3 cm³/mol. The first-order valence-electron chi connectivity index (χ1n) is 4.75. The SMILES string of the molecule is CCNc1cc(C)nc(-c2ncn[nH]2)n1. The summed E-state index contributed by atoms with van der Waals surface area (Å²) in [5, 5.41) is 9.64. The van der Waals surface area contributed by atoms with Crippen LogP contribution in [0, 0.1) is 6.92 Å². The van der Waals surface area contributed by atoms with Crippen molar-refractivity contribution in [2.24, 2.45) is 0 Å². The van der Waals surface area contributed by atoms with Crippen LogP contribution in [0.2, 0.25) is 0 Å². The fraction of sp³-hybridized carbons (Fsp3) is 0.333. The van der Waals surface area contributed by atoms with Gasteiger partial charge in [0.05, 0.1) is 0 Å². The van der Waals surface area contributed by atoms with Crippen LogP contribution in [0.4, 0.5) is 5.82 Å². The van der Waals surface area contributed by atoms with Gasteiger partial charge in [-0.2, -0.15) is 5.10 Å². The topological polar surface area (TPSA) is 79.4 Å². The highest BCUT2D eigenvalue weighted by molar-refractivity contribution is 5.48. The molecule has 0 amide bonds. The molecule has 0 saturated carbocycles. The average Bonchev–Trinajstić information content (AvgIpc) is 2.70. The van der Waals surface area contributed by atoms with E-state index >= 15 is 0 Å². The van der Waals surface area contributed by atoms with Gasteiger partial charge in [-0.05, 0) is 13.8 Å². The minimum atomic E-state index is 0.559. The zero-order chi connectivity index (χ0) is 10.7. The Morgan fingerprint density at radius 3 is 2.93 bits per heavy atom. The Bertz CT molecular complexity index is 436. The monoisotopic (exact) mass is 204 g/mol. The predicted octanol–water partition coefficient (Wildman–Crippen LogP) is 1.00. The van der Waals surface area contributed by atoms with Gasteiger partial charge in [0.25, 0.3) is 0 Å². The van der Waals surface area contributed by atoms with Crippen LogP contribution in [-0.2, 0) is 0 Å². The van der Waals surface area contributed by atoms with Gasteiger partial charge in [-0.15, -0.1) is 0 Å². The molecule has 0 aliphatic rings. The van der Waals surface area contributed by atoms with Crippen LogP contribution >= 0.6 is 0 Å². The van der Waals surface area contributed by atoms with Gasteiger partial charge in [0.2, 0.25) is 0 Å². The highest BCUT2D eigenvalue weighted by Crippen LogP contribution is 2.12. The molecule has 0 atom stereocenters. The van der Waals surface area contributed by atoms with Crippen LogP contribution in [0.1, 0.15) is 12.6 Å². The number of nitrogens with zero attached hydrogens (tertiary/aromatic N) is 4. The van der Waals surface area contributed by atoms with Crippen molar-refractivity contribution in [1.82, 2.24) is 25.1 Å². The first-order valence-corrected chi connectivity index (χ1v) is 4.75. The van der Waals surface area contributed by atoms with E-state index in [9.17, 15) is 0 Å². The molecule has 2 rings (SSSR count). The Kier molecular flexibility index (Phi) is 2.57. The summed E-state index contributed by atoms with van der Waals surface area (Å²) in [6.07, 6.45) is 1.44. The molecule has 6 heteroatoms. The van der Waals surface area contributed by atoms with Crippen molar-refractivity contribution >= 4 is 5.82 Å². The lowest BCUT2D eigenvalue weighted by molar-refractivity contribution is 1.03. The molecule has 78 valence electrons. The molecule has 2 N–H and O–H groups in total. The van der Waals surface area contributed by atoms with E-state index in [4.69, 9.17) is 0 Å². The summed E-state index contributed by atoms with van der Waals surface area (Å²) < 4.78 is 0. The van der Waals surface area contributed by atoms with Crippen molar-refractivity contribution < 1.29 is 0 Å². The molecule has 6 nitrogen and oxygen atoms in total. The van der Waals surface area contributed by atoms with Gasteiger partial charge in [-0.25, -0.2) is 15.0 Å². The number of aromatic nitrogens is 5. The molecule has 0 aliphatic heterocycles. The molecule has 0 saturated heterocycles. The fourth-order valence-corrected chi connectivity index (χ4v) is 1.26. The number of hydrogen-bond acceptors (Lipinski definition) is 5. The van der Waals surface area contributed by atoms with Crippen LogP contribution in [-0.4, -0.2) is 31.7 Å². The van der Waals surface area contributed by atoms with Gasteiger partial charge in [-0.3, -0.25) is 5.10 Å². The summed E-state index contributed by atoms with van der Waals surface area (Å²) in [5.41, 5.74) is 0.896. The number of aryl methyl sites for hydroxylation is 1. The normalized spacial score (nSPS) is 10.3. The summed E-state index contributed by atoms with van der Waals surface area (Å²) in [5.74, 6) is 1.94. The molecular formula is C9H12N6. The van der Waals surface area contributed by atoms with Gasteiger partial charge in [0, 0.05) is 18.3 Å². The van der Waals surface area contributed by atoms with E-state index in [2.05, 4.69) is 30.5 Å². The van der Waals surface area contributed by atoms with Crippen LogP contribution < -0.4 is 5.32 Å². The highest BCUT2D eigenvalue weighted by atomic mass is 15.2. The molecule has 2 aromatic heterocycles. The van der Waals surface area contributed by atoms with E-state index in [-0.39, 0.29) is 0 Å². The van der Waals surface area contributed by atoms with Crippen molar-refractivity contribution in [2.45, 2.75) is 13.8 Å². The minimum Gasteiger partial charge on any atom is -0.370 e. The second kappa shape index (κ2) is 4.04. The molecule has 0 unspecified atom stereocenters.